The first kappa shape index (κ1) is 13.9. The fourth-order valence-electron chi connectivity index (χ4n) is 1.53. The third-order valence-corrected chi connectivity index (χ3v) is 2.14. The summed E-state index contributed by atoms with van der Waals surface area (Å²) >= 11 is 0. The van der Waals surface area contributed by atoms with Crippen molar-refractivity contribution in [3.05, 3.63) is 0 Å². The summed E-state index contributed by atoms with van der Waals surface area (Å²) in [7, 11) is 0. The zero-order chi connectivity index (χ0) is 9.68. The quantitative estimate of drug-likeness (QED) is 0.282. The van der Waals surface area contributed by atoms with E-state index >= 15 is 0 Å². The molecule has 5 heteroatoms. The summed E-state index contributed by atoms with van der Waals surface area (Å²) in [6.07, 6.45) is 4.32. The van der Waals surface area contributed by atoms with Gasteiger partial charge in [-0.1, -0.05) is 6.42 Å². The third kappa shape index (κ3) is 5.62. The van der Waals surface area contributed by atoms with E-state index < -0.39 is 18.4 Å². The summed E-state index contributed by atoms with van der Waals surface area (Å²) in [5.41, 5.74) is 0. The van der Waals surface area contributed by atoms with E-state index in [0.29, 0.717) is 0 Å². The van der Waals surface area contributed by atoms with Crippen LogP contribution in [0.3, 0.4) is 0 Å². The van der Waals surface area contributed by atoms with Crippen LogP contribution in [-0.2, 0) is 14.3 Å². The maximum atomic E-state index is 10.9. The number of esters is 1. The van der Waals surface area contributed by atoms with Crippen LogP contribution in [0.25, 0.3) is 0 Å². The molecule has 1 rings (SSSR count). The van der Waals surface area contributed by atoms with Crippen LogP contribution in [0.5, 0.6) is 0 Å². The Labute approximate surface area is 105 Å². The molecule has 0 aromatic heterocycles. The molecule has 0 amide bonds. The third-order valence-electron chi connectivity index (χ3n) is 2.14. The minimum atomic E-state index is -1.37. The number of ether oxygens (including phenoxy) is 1. The second-order valence-electron chi connectivity index (χ2n) is 3.30. The van der Waals surface area contributed by atoms with Crippen LogP contribution in [0.15, 0.2) is 0 Å². The first-order valence-electron chi connectivity index (χ1n) is 4.58. The van der Waals surface area contributed by atoms with Crippen LogP contribution in [0.4, 0.5) is 0 Å². The average molecular weight is 208 g/mol. The van der Waals surface area contributed by atoms with Gasteiger partial charge in [0, 0.05) is 0 Å². The van der Waals surface area contributed by atoms with Crippen molar-refractivity contribution in [2.24, 2.45) is 0 Å². The summed E-state index contributed by atoms with van der Waals surface area (Å²) in [4.78, 5) is 20.9. The standard InChI is InChI=1S/C9H14O4.Na/c10-8(11)6-9(12)13-7-4-2-1-3-5-7;/h7H,1-6H2,(H,10,11);/q;+1/p-1. The van der Waals surface area contributed by atoms with Gasteiger partial charge in [0.25, 0.3) is 0 Å². The van der Waals surface area contributed by atoms with Crippen molar-refractivity contribution in [2.75, 3.05) is 0 Å². The molecule has 1 fully saturated rings. The van der Waals surface area contributed by atoms with Crippen LogP contribution in [-0.4, -0.2) is 18.0 Å². The van der Waals surface area contributed by atoms with E-state index in [0.717, 1.165) is 25.7 Å². The largest absolute Gasteiger partial charge is 1.00 e. The summed E-state index contributed by atoms with van der Waals surface area (Å²) in [6, 6.07) is 0. The van der Waals surface area contributed by atoms with Crippen LogP contribution < -0.4 is 34.7 Å². The van der Waals surface area contributed by atoms with Crippen molar-refractivity contribution >= 4 is 11.9 Å². The zero-order valence-electron chi connectivity index (χ0n) is 8.45. The van der Waals surface area contributed by atoms with Gasteiger partial charge in [-0.2, -0.15) is 0 Å². The Balaban J connectivity index is 0.00000169. The van der Waals surface area contributed by atoms with Gasteiger partial charge in [0.15, 0.2) is 0 Å². The maximum absolute atomic E-state index is 10.9. The molecular weight excluding hydrogens is 195 g/mol. The molecule has 0 atom stereocenters. The molecule has 0 bridgehead atoms. The predicted octanol–water partition coefficient (Wildman–Crippen LogP) is -2.99. The number of aliphatic carboxylic acids is 1. The Morgan fingerprint density at radius 1 is 1.21 bits per heavy atom. The van der Waals surface area contributed by atoms with Gasteiger partial charge in [-0.05, 0) is 25.7 Å². The molecule has 1 aliphatic rings. The van der Waals surface area contributed by atoms with Crippen molar-refractivity contribution < 1.29 is 49.0 Å². The van der Waals surface area contributed by atoms with Crippen LogP contribution in [0, 0.1) is 0 Å². The molecule has 4 nitrogen and oxygen atoms in total. The van der Waals surface area contributed by atoms with Gasteiger partial charge < -0.3 is 14.6 Å². The van der Waals surface area contributed by atoms with Crippen molar-refractivity contribution in [2.45, 2.75) is 44.6 Å². The Morgan fingerprint density at radius 2 is 1.79 bits per heavy atom. The Morgan fingerprint density at radius 3 is 2.29 bits per heavy atom. The number of rotatable bonds is 3. The fourth-order valence-corrected chi connectivity index (χ4v) is 1.53. The van der Waals surface area contributed by atoms with Gasteiger partial charge in [0.2, 0.25) is 0 Å². The van der Waals surface area contributed by atoms with E-state index in [1.165, 1.54) is 6.42 Å². The van der Waals surface area contributed by atoms with E-state index in [2.05, 4.69) is 0 Å². The number of carboxylic acids is 1. The predicted molar refractivity (Wildman–Crippen MR) is 42.6 cm³/mol. The zero-order valence-corrected chi connectivity index (χ0v) is 10.5. The molecule has 0 aliphatic heterocycles. The van der Waals surface area contributed by atoms with Crippen molar-refractivity contribution in [3.63, 3.8) is 0 Å². The fraction of sp³-hybridized carbons (Fsp3) is 0.778. The van der Waals surface area contributed by atoms with Gasteiger partial charge >= 0.3 is 35.5 Å². The van der Waals surface area contributed by atoms with Gasteiger partial charge in [-0.25, -0.2) is 0 Å². The Bertz CT molecular complexity index is 199. The number of carboxylic acid groups (broad SMARTS) is 1. The molecule has 74 valence electrons. The molecule has 14 heavy (non-hydrogen) atoms. The van der Waals surface area contributed by atoms with E-state index in [4.69, 9.17) is 4.74 Å². The first-order valence-corrected chi connectivity index (χ1v) is 4.58. The molecule has 1 aliphatic carbocycles. The van der Waals surface area contributed by atoms with E-state index in [1.807, 2.05) is 0 Å². The van der Waals surface area contributed by atoms with Gasteiger partial charge in [-0.3, -0.25) is 4.79 Å². The van der Waals surface area contributed by atoms with E-state index in [9.17, 15) is 14.7 Å². The molecule has 0 radical (unpaired) electrons. The normalized spacial score (nSPS) is 16.9. The molecule has 0 aromatic rings. The van der Waals surface area contributed by atoms with Crippen molar-refractivity contribution in [1.82, 2.24) is 0 Å². The Hall–Kier alpha value is -0.0600. The summed E-state index contributed by atoms with van der Waals surface area (Å²) < 4.78 is 4.94. The topological polar surface area (TPSA) is 66.4 Å². The number of carbonyl (C=O) groups is 2. The number of carbonyl (C=O) groups excluding carboxylic acids is 2. The van der Waals surface area contributed by atoms with Crippen molar-refractivity contribution in [1.29, 1.82) is 0 Å². The molecule has 0 heterocycles. The molecule has 0 unspecified atom stereocenters. The van der Waals surface area contributed by atoms with Gasteiger partial charge in [-0.15, -0.1) is 0 Å². The SMILES string of the molecule is O=C([O-])CC(=O)OC1CCCCC1.[Na+]. The van der Waals surface area contributed by atoms with Crippen LogP contribution in [0.1, 0.15) is 38.5 Å². The second kappa shape index (κ2) is 7.26. The minimum absolute atomic E-state index is 0. The molecule has 0 aromatic carbocycles. The molecule has 0 spiro atoms. The van der Waals surface area contributed by atoms with E-state index in [-0.39, 0.29) is 35.7 Å². The van der Waals surface area contributed by atoms with Gasteiger partial charge in [0.1, 0.15) is 6.10 Å². The number of hydrogen-bond donors (Lipinski definition) is 0. The summed E-state index contributed by atoms with van der Waals surface area (Å²) in [5.74, 6) is -2.05. The number of hydrogen-bond acceptors (Lipinski definition) is 4. The molecular formula is C9H13NaO4. The first-order chi connectivity index (χ1) is 6.18. The average Bonchev–Trinajstić information content (AvgIpc) is 2.04. The van der Waals surface area contributed by atoms with Crippen LogP contribution >= 0.6 is 0 Å². The second-order valence-corrected chi connectivity index (χ2v) is 3.30. The maximum Gasteiger partial charge on any atom is 1.00 e. The summed E-state index contributed by atoms with van der Waals surface area (Å²) in [6.45, 7) is 0. The molecule has 1 saturated carbocycles. The monoisotopic (exact) mass is 208 g/mol. The smallest absolute Gasteiger partial charge is 0.550 e. The van der Waals surface area contributed by atoms with Crippen molar-refractivity contribution in [3.8, 4) is 0 Å². The molecule has 0 N–H and O–H groups in total. The summed E-state index contributed by atoms with van der Waals surface area (Å²) in [5, 5.41) is 10.0. The van der Waals surface area contributed by atoms with E-state index in [1.54, 1.807) is 0 Å². The van der Waals surface area contributed by atoms with Crippen LogP contribution in [0.2, 0.25) is 0 Å². The van der Waals surface area contributed by atoms with Gasteiger partial charge in [0.05, 0.1) is 12.4 Å². The molecule has 0 saturated heterocycles. The Kier molecular flexibility index (Phi) is 7.23. The minimum Gasteiger partial charge on any atom is -0.550 e.